The summed E-state index contributed by atoms with van der Waals surface area (Å²) in [6, 6.07) is 6.57. The van der Waals surface area contributed by atoms with E-state index in [1.54, 1.807) is 31.4 Å². The summed E-state index contributed by atoms with van der Waals surface area (Å²) < 4.78 is 10.9. The second-order valence-corrected chi connectivity index (χ2v) is 5.40. The maximum absolute atomic E-state index is 12.1. The summed E-state index contributed by atoms with van der Waals surface area (Å²) in [5, 5.41) is 8.29. The minimum Gasteiger partial charge on any atom is -0.377 e. The van der Waals surface area contributed by atoms with E-state index in [0.717, 1.165) is 6.42 Å². The smallest absolute Gasteiger partial charge is 0.319 e. The molecule has 0 unspecified atom stereocenters. The maximum Gasteiger partial charge on any atom is 0.319 e. The number of urea groups is 1. The Balaban J connectivity index is 1.87. The monoisotopic (exact) mass is 321 g/mol. The van der Waals surface area contributed by atoms with E-state index in [9.17, 15) is 9.59 Å². The zero-order valence-corrected chi connectivity index (χ0v) is 13.6. The molecule has 3 N–H and O–H groups in total. The Hall–Kier alpha value is -2.12. The van der Waals surface area contributed by atoms with E-state index in [4.69, 9.17) is 9.47 Å². The van der Waals surface area contributed by atoms with Gasteiger partial charge < -0.3 is 25.4 Å². The van der Waals surface area contributed by atoms with Gasteiger partial charge >= 0.3 is 6.03 Å². The first-order chi connectivity index (χ1) is 11.0. The first-order valence-electron chi connectivity index (χ1n) is 7.63. The Labute approximate surface area is 135 Å². The van der Waals surface area contributed by atoms with Crippen LogP contribution in [0.3, 0.4) is 0 Å². The number of hydrogen-bond acceptors (Lipinski definition) is 4. The lowest BCUT2D eigenvalue weighted by molar-refractivity contribution is -0.128. The lowest BCUT2D eigenvalue weighted by atomic mass is 9.85. The van der Waals surface area contributed by atoms with Gasteiger partial charge in [0.25, 0.3) is 0 Å². The molecule has 0 bridgehead atoms. The van der Waals surface area contributed by atoms with Crippen molar-refractivity contribution < 1.29 is 19.1 Å². The van der Waals surface area contributed by atoms with Crippen LogP contribution in [0.4, 0.5) is 16.2 Å². The fraction of sp³-hybridized carbons (Fsp3) is 0.500. The van der Waals surface area contributed by atoms with Gasteiger partial charge in [0.2, 0.25) is 5.91 Å². The molecule has 1 aromatic rings. The highest BCUT2D eigenvalue weighted by Gasteiger charge is 2.42. The number of nitrogens with one attached hydrogen (secondary N) is 3. The maximum atomic E-state index is 12.1. The van der Waals surface area contributed by atoms with Crippen LogP contribution >= 0.6 is 0 Å². The van der Waals surface area contributed by atoms with Gasteiger partial charge in [-0.25, -0.2) is 4.79 Å². The molecule has 1 aromatic carbocycles. The standard InChI is InChI=1S/C16H23N3O4/c1-4-23-14-9-13(15(14)22-3)19-16(21)18-12-7-5-6-11(8-12)17-10(2)20/h5-8,13-15H,4,9H2,1-3H3,(H,17,20)(H2,18,19,21)/t13-,14+,15+/m0/s1. The highest BCUT2D eigenvalue weighted by atomic mass is 16.5. The Morgan fingerprint density at radius 2 is 1.96 bits per heavy atom. The Morgan fingerprint density at radius 3 is 2.57 bits per heavy atom. The molecule has 0 aliphatic heterocycles. The minimum atomic E-state index is -0.313. The van der Waals surface area contributed by atoms with Crippen LogP contribution in [0, 0.1) is 0 Å². The van der Waals surface area contributed by atoms with Crippen molar-refractivity contribution in [2.75, 3.05) is 24.4 Å². The molecule has 3 atom stereocenters. The van der Waals surface area contributed by atoms with Gasteiger partial charge in [-0.1, -0.05) is 6.07 Å². The molecule has 0 radical (unpaired) electrons. The van der Waals surface area contributed by atoms with Gasteiger partial charge in [0.15, 0.2) is 0 Å². The molecule has 1 saturated carbocycles. The number of hydrogen-bond donors (Lipinski definition) is 3. The SMILES string of the molecule is CCO[C@@H]1C[C@H](NC(=O)Nc2cccc(NC(C)=O)c2)[C@H]1OC. The van der Waals surface area contributed by atoms with Crippen molar-refractivity contribution in [3.05, 3.63) is 24.3 Å². The van der Waals surface area contributed by atoms with Crippen LogP contribution in [0.1, 0.15) is 20.3 Å². The molecule has 126 valence electrons. The Bertz CT molecular complexity index is 564. The topological polar surface area (TPSA) is 88.7 Å². The van der Waals surface area contributed by atoms with Crippen molar-refractivity contribution in [1.82, 2.24) is 5.32 Å². The van der Waals surface area contributed by atoms with Gasteiger partial charge in [0.05, 0.1) is 12.1 Å². The van der Waals surface area contributed by atoms with Crippen molar-refractivity contribution in [2.45, 2.75) is 38.5 Å². The molecule has 7 heteroatoms. The summed E-state index contributed by atoms with van der Waals surface area (Å²) in [6.07, 6.45) is 0.621. The van der Waals surface area contributed by atoms with E-state index >= 15 is 0 Å². The molecule has 0 saturated heterocycles. The highest BCUT2D eigenvalue weighted by Crippen LogP contribution is 2.27. The zero-order chi connectivity index (χ0) is 16.8. The Kier molecular flexibility index (Phi) is 5.95. The lowest BCUT2D eigenvalue weighted by Gasteiger charge is -2.43. The summed E-state index contributed by atoms with van der Waals surface area (Å²) in [5.41, 5.74) is 1.23. The number of amides is 3. The molecule has 0 aromatic heterocycles. The quantitative estimate of drug-likeness (QED) is 0.747. The van der Waals surface area contributed by atoms with E-state index in [0.29, 0.717) is 18.0 Å². The van der Waals surface area contributed by atoms with Gasteiger partial charge in [-0.2, -0.15) is 0 Å². The van der Waals surface area contributed by atoms with Crippen molar-refractivity contribution >= 4 is 23.3 Å². The number of carbonyl (C=O) groups is 2. The molecular formula is C16H23N3O4. The third-order valence-corrected chi connectivity index (χ3v) is 3.66. The normalized spacial score (nSPS) is 22.8. The van der Waals surface area contributed by atoms with Gasteiger partial charge in [-0.05, 0) is 31.5 Å². The summed E-state index contributed by atoms with van der Waals surface area (Å²) in [4.78, 5) is 23.1. The Morgan fingerprint density at radius 1 is 1.26 bits per heavy atom. The fourth-order valence-electron chi connectivity index (χ4n) is 2.63. The van der Waals surface area contributed by atoms with Gasteiger partial charge in [0.1, 0.15) is 6.10 Å². The number of rotatable bonds is 6. The van der Waals surface area contributed by atoms with Crippen LogP contribution in [0.15, 0.2) is 24.3 Å². The van der Waals surface area contributed by atoms with Gasteiger partial charge in [-0.15, -0.1) is 0 Å². The molecule has 2 rings (SSSR count). The van der Waals surface area contributed by atoms with E-state index in [-0.39, 0.29) is 30.2 Å². The summed E-state index contributed by atoms with van der Waals surface area (Å²) in [6.45, 7) is 3.99. The number of benzene rings is 1. The van der Waals surface area contributed by atoms with Gasteiger partial charge in [0, 0.05) is 32.0 Å². The van der Waals surface area contributed by atoms with Crippen molar-refractivity contribution in [2.24, 2.45) is 0 Å². The number of methoxy groups -OCH3 is 1. The average molecular weight is 321 g/mol. The number of carbonyl (C=O) groups excluding carboxylic acids is 2. The lowest BCUT2D eigenvalue weighted by Crippen LogP contribution is -2.61. The highest BCUT2D eigenvalue weighted by molar-refractivity contribution is 5.92. The van der Waals surface area contributed by atoms with Crippen LogP contribution < -0.4 is 16.0 Å². The predicted molar refractivity (Wildman–Crippen MR) is 87.5 cm³/mol. The first-order valence-corrected chi connectivity index (χ1v) is 7.63. The predicted octanol–water partition coefficient (Wildman–Crippen LogP) is 1.96. The minimum absolute atomic E-state index is 0.0263. The molecule has 0 heterocycles. The molecule has 1 aliphatic carbocycles. The van der Waals surface area contributed by atoms with Gasteiger partial charge in [-0.3, -0.25) is 4.79 Å². The van der Waals surface area contributed by atoms with Crippen LogP contribution in [0.2, 0.25) is 0 Å². The van der Waals surface area contributed by atoms with E-state index in [1.807, 2.05) is 6.92 Å². The van der Waals surface area contributed by atoms with Crippen molar-refractivity contribution in [3.63, 3.8) is 0 Å². The summed E-state index contributed by atoms with van der Waals surface area (Å²) in [5.74, 6) is -0.161. The third kappa shape index (κ3) is 4.67. The van der Waals surface area contributed by atoms with E-state index in [2.05, 4.69) is 16.0 Å². The largest absolute Gasteiger partial charge is 0.377 e. The van der Waals surface area contributed by atoms with Crippen molar-refractivity contribution in [1.29, 1.82) is 0 Å². The first kappa shape index (κ1) is 17.2. The zero-order valence-electron chi connectivity index (χ0n) is 13.6. The van der Waals surface area contributed by atoms with Crippen molar-refractivity contribution in [3.8, 4) is 0 Å². The second-order valence-electron chi connectivity index (χ2n) is 5.40. The number of anilines is 2. The third-order valence-electron chi connectivity index (χ3n) is 3.66. The molecule has 0 spiro atoms. The van der Waals surface area contributed by atoms with Crippen LogP contribution in [0.25, 0.3) is 0 Å². The van der Waals surface area contributed by atoms with Crippen LogP contribution in [-0.2, 0) is 14.3 Å². The van der Waals surface area contributed by atoms with Crippen LogP contribution in [0.5, 0.6) is 0 Å². The molecular weight excluding hydrogens is 298 g/mol. The number of ether oxygens (including phenoxy) is 2. The molecule has 23 heavy (non-hydrogen) atoms. The molecule has 7 nitrogen and oxygen atoms in total. The summed E-state index contributed by atoms with van der Waals surface area (Å²) in [7, 11) is 1.61. The second kappa shape index (κ2) is 7.94. The molecule has 1 aliphatic rings. The summed E-state index contributed by atoms with van der Waals surface area (Å²) >= 11 is 0. The van der Waals surface area contributed by atoms with Crippen LogP contribution in [-0.4, -0.2) is 43.9 Å². The van der Waals surface area contributed by atoms with E-state index in [1.165, 1.54) is 6.92 Å². The van der Waals surface area contributed by atoms with E-state index < -0.39 is 0 Å². The fourth-order valence-corrected chi connectivity index (χ4v) is 2.63. The molecule has 3 amide bonds. The molecule has 1 fully saturated rings. The average Bonchev–Trinajstić information content (AvgIpc) is 2.46.